The van der Waals surface area contributed by atoms with Crippen LogP contribution in [0.3, 0.4) is 0 Å². The SMILES string of the molecule is Cc1ccc(C(=O)[C@H](C)OC(=O)c2cccc(S(C)(=O)=O)c2)cc1C. The van der Waals surface area contributed by atoms with E-state index in [4.69, 9.17) is 4.74 Å². The lowest BCUT2D eigenvalue weighted by molar-refractivity contribution is 0.0318. The van der Waals surface area contributed by atoms with Gasteiger partial charge in [0, 0.05) is 11.8 Å². The maximum atomic E-state index is 12.4. The maximum absolute atomic E-state index is 12.4. The molecule has 2 aromatic carbocycles. The molecule has 25 heavy (non-hydrogen) atoms. The molecule has 2 rings (SSSR count). The summed E-state index contributed by atoms with van der Waals surface area (Å²) in [4.78, 5) is 24.7. The minimum atomic E-state index is -3.43. The van der Waals surface area contributed by atoms with Gasteiger partial charge in [-0.1, -0.05) is 18.2 Å². The fraction of sp³-hybridized carbons (Fsp3) is 0.263. The molecule has 6 heteroatoms. The van der Waals surface area contributed by atoms with Crippen molar-refractivity contribution in [2.45, 2.75) is 31.8 Å². The first-order valence-corrected chi connectivity index (χ1v) is 9.61. The highest BCUT2D eigenvalue weighted by Gasteiger charge is 2.21. The molecule has 0 N–H and O–H groups in total. The predicted octanol–water partition coefficient (Wildman–Crippen LogP) is 3.14. The highest BCUT2D eigenvalue weighted by atomic mass is 32.2. The predicted molar refractivity (Wildman–Crippen MR) is 94.7 cm³/mol. The van der Waals surface area contributed by atoms with E-state index >= 15 is 0 Å². The molecule has 0 aliphatic heterocycles. The van der Waals surface area contributed by atoms with Crippen LogP contribution in [0.15, 0.2) is 47.4 Å². The highest BCUT2D eigenvalue weighted by Crippen LogP contribution is 2.16. The van der Waals surface area contributed by atoms with Crippen molar-refractivity contribution in [2.75, 3.05) is 6.26 Å². The summed E-state index contributed by atoms with van der Waals surface area (Å²) in [6, 6.07) is 10.8. The Labute approximate surface area is 147 Å². The van der Waals surface area contributed by atoms with Crippen molar-refractivity contribution >= 4 is 21.6 Å². The zero-order valence-electron chi connectivity index (χ0n) is 14.6. The molecule has 0 radical (unpaired) electrons. The lowest BCUT2D eigenvalue weighted by Crippen LogP contribution is -2.24. The molecule has 5 nitrogen and oxygen atoms in total. The number of aryl methyl sites for hydroxylation is 2. The lowest BCUT2D eigenvalue weighted by Gasteiger charge is -2.13. The molecule has 0 aromatic heterocycles. The molecule has 0 aliphatic carbocycles. The summed E-state index contributed by atoms with van der Waals surface area (Å²) in [6.45, 7) is 5.34. The second-order valence-electron chi connectivity index (χ2n) is 6.01. The van der Waals surface area contributed by atoms with E-state index in [2.05, 4.69) is 0 Å². The molecule has 0 bridgehead atoms. The Morgan fingerprint density at radius 3 is 2.24 bits per heavy atom. The van der Waals surface area contributed by atoms with Gasteiger partial charge in [-0.05, 0) is 56.2 Å². The fourth-order valence-electron chi connectivity index (χ4n) is 2.27. The Bertz CT molecular complexity index is 929. The number of ketones is 1. The zero-order chi connectivity index (χ0) is 18.8. The van der Waals surface area contributed by atoms with Gasteiger partial charge in [-0.3, -0.25) is 4.79 Å². The molecule has 0 heterocycles. The number of carbonyl (C=O) groups is 2. The van der Waals surface area contributed by atoms with Crippen LogP contribution in [0.1, 0.15) is 38.8 Å². The first-order valence-electron chi connectivity index (χ1n) is 7.72. The Morgan fingerprint density at radius 1 is 0.960 bits per heavy atom. The number of carbonyl (C=O) groups excluding carboxylic acids is 2. The lowest BCUT2D eigenvalue weighted by atomic mass is 10.0. The van der Waals surface area contributed by atoms with Crippen LogP contribution in [0.5, 0.6) is 0 Å². The topological polar surface area (TPSA) is 77.5 Å². The number of sulfone groups is 1. The minimum absolute atomic E-state index is 0.0232. The van der Waals surface area contributed by atoms with E-state index in [0.29, 0.717) is 5.56 Å². The van der Waals surface area contributed by atoms with Crippen LogP contribution < -0.4 is 0 Å². The van der Waals surface area contributed by atoms with Crippen molar-refractivity contribution in [2.24, 2.45) is 0 Å². The van der Waals surface area contributed by atoms with E-state index in [1.165, 1.54) is 31.2 Å². The summed E-state index contributed by atoms with van der Waals surface area (Å²) in [6.07, 6.45) is 0.0834. The molecule has 0 spiro atoms. The van der Waals surface area contributed by atoms with Gasteiger partial charge in [0.2, 0.25) is 5.78 Å². The van der Waals surface area contributed by atoms with Crippen molar-refractivity contribution < 1.29 is 22.7 Å². The fourth-order valence-corrected chi connectivity index (χ4v) is 2.93. The summed E-state index contributed by atoms with van der Waals surface area (Å²) in [5, 5.41) is 0. The molecule has 0 saturated heterocycles. The molecular formula is C19H20O5S. The minimum Gasteiger partial charge on any atom is -0.451 e. The van der Waals surface area contributed by atoms with E-state index in [9.17, 15) is 18.0 Å². The van der Waals surface area contributed by atoms with Crippen molar-refractivity contribution in [1.29, 1.82) is 0 Å². The number of hydrogen-bond donors (Lipinski definition) is 0. The molecule has 0 aliphatic rings. The molecule has 0 saturated carbocycles. The molecule has 0 unspecified atom stereocenters. The first-order chi connectivity index (χ1) is 11.6. The Kier molecular flexibility index (Phi) is 5.42. The number of benzene rings is 2. The number of rotatable bonds is 5. The molecule has 1 atom stereocenters. The van der Waals surface area contributed by atoms with Gasteiger partial charge in [0.05, 0.1) is 10.5 Å². The van der Waals surface area contributed by atoms with Gasteiger partial charge in [-0.2, -0.15) is 0 Å². The molecule has 0 fully saturated rings. The van der Waals surface area contributed by atoms with Crippen molar-refractivity contribution in [3.8, 4) is 0 Å². The second kappa shape index (κ2) is 7.19. The van der Waals surface area contributed by atoms with E-state index in [-0.39, 0.29) is 16.2 Å². The average Bonchev–Trinajstić information content (AvgIpc) is 2.56. The molecule has 0 amide bonds. The third kappa shape index (κ3) is 4.54. The van der Waals surface area contributed by atoms with Gasteiger partial charge in [0.15, 0.2) is 15.9 Å². The standard InChI is InChI=1S/C19H20O5S/c1-12-8-9-15(10-13(12)2)18(20)14(3)24-19(21)16-6-5-7-17(11-16)25(4,22)23/h5-11,14H,1-4H3/t14-/m0/s1. The van der Waals surface area contributed by atoms with Crippen LogP contribution in [0.2, 0.25) is 0 Å². The largest absolute Gasteiger partial charge is 0.451 e. The summed E-state index contributed by atoms with van der Waals surface area (Å²) in [7, 11) is -3.43. The van der Waals surface area contributed by atoms with E-state index < -0.39 is 21.9 Å². The van der Waals surface area contributed by atoms with Crippen LogP contribution in [-0.4, -0.2) is 32.5 Å². The highest BCUT2D eigenvalue weighted by molar-refractivity contribution is 7.90. The third-order valence-electron chi connectivity index (χ3n) is 3.94. The van der Waals surface area contributed by atoms with Gasteiger partial charge >= 0.3 is 5.97 Å². The number of ether oxygens (including phenoxy) is 1. The normalized spacial score (nSPS) is 12.5. The van der Waals surface area contributed by atoms with Crippen LogP contribution in [0, 0.1) is 13.8 Å². The van der Waals surface area contributed by atoms with E-state index in [1.54, 1.807) is 12.1 Å². The Morgan fingerprint density at radius 2 is 1.64 bits per heavy atom. The second-order valence-corrected chi connectivity index (χ2v) is 8.03. The first kappa shape index (κ1) is 18.9. The van der Waals surface area contributed by atoms with Gasteiger partial charge in [0.1, 0.15) is 0 Å². The van der Waals surface area contributed by atoms with Crippen LogP contribution in [0.4, 0.5) is 0 Å². The smallest absolute Gasteiger partial charge is 0.338 e. The van der Waals surface area contributed by atoms with Crippen LogP contribution >= 0.6 is 0 Å². The van der Waals surface area contributed by atoms with Crippen molar-refractivity contribution in [3.05, 3.63) is 64.7 Å². The van der Waals surface area contributed by atoms with E-state index in [1.807, 2.05) is 19.9 Å². The van der Waals surface area contributed by atoms with Crippen molar-refractivity contribution in [3.63, 3.8) is 0 Å². The zero-order valence-corrected chi connectivity index (χ0v) is 15.4. The number of Topliss-reactive ketones (excluding diaryl/α,β-unsaturated/α-hetero) is 1. The quantitative estimate of drug-likeness (QED) is 0.605. The Hall–Kier alpha value is -2.47. The van der Waals surface area contributed by atoms with Crippen LogP contribution in [0.25, 0.3) is 0 Å². The summed E-state index contributed by atoms with van der Waals surface area (Å²) < 4.78 is 28.4. The van der Waals surface area contributed by atoms with Crippen LogP contribution in [-0.2, 0) is 14.6 Å². The van der Waals surface area contributed by atoms with Gasteiger partial charge in [-0.15, -0.1) is 0 Å². The molecule has 132 valence electrons. The maximum Gasteiger partial charge on any atom is 0.338 e. The summed E-state index contributed by atoms with van der Waals surface area (Å²) in [5.41, 5.74) is 2.60. The Balaban J connectivity index is 2.17. The summed E-state index contributed by atoms with van der Waals surface area (Å²) in [5.74, 6) is -1.05. The third-order valence-corrected chi connectivity index (χ3v) is 5.05. The molecular weight excluding hydrogens is 340 g/mol. The molecule has 2 aromatic rings. The number of esters is 1. The van der Waals surface area contributed by atoms with Gasteiger partial charge in [0.25, 0.3) is 0 Å². The van der Waals surface area contributed by atoms with Crippen molar-refractivity contribution in [1.82, 2.24) is 0 Å². The average molecular weight is 360 g/mol. The van der Waals surface area contributed by atoms with Gasteiger partial charge < -0.3 is 4.74 Å². The van der Waals surface area contributed by atoms with E-state index in [0.717, 1.165) is 17.4 Å². The van der Waals surface area contributed by atoms with Gasteiger partial charge in [-0.25, -0.2) is 13.2 Å². The monoisotopic (exact) mass is 360 g/mol. The summed E-state index contributed by atoms with van der Waals surface area (Å²) >= 11 is 0. The number of hydrogen-bond acceptors (Lipinski definition) is 5.